The molecule has 0 spiro atoms. The zero-order valence-electron chi connectivity index (χ0n) is 12.8. The van der Waals surface area contributed by atoms with Crippen molar-refractivity contribution in [3.05, 3.63) is 29.3 Å². The average molecular weight is 285 g/mol. The number of aromatic hydroxyl groups is 1. The number of hydrogen-bond acceptors (Lipinski definition) is 2. The van der Waals surface area contributed by atoms with Crippen LogP contribution in [0.3, 0.4) is 0 Å². The first-order valence-corrected chi connectivity index (χ1v) is 8.13. The predicted octanol–water partition coefficient (Wildman–Crippen LogP) is 2.85. The minimum atomic E-state index is 0.0807. The van der Waals surface area contributed by atoms with Crippen molar-refractivity contribution < 1.29 is 9.90 Å². The topological polar surface area (TPSA) is 40.5 Å². The van der Waals surface area contributed by atoms with Crippen LogP contribution in [0, 0.1) is 11.8 Å². The van der Waals surface area contributed by atoms with E-state index >= 15 is 0 Å². The molecule has 112 valence electrons. The summed E-state index contributed by atoms with van der Waals surface area (Å²) in [6, 6.07) is 6.10. The molecule has 1 aliphatic heterocycles. The normalized spacial score (nSPS) is 34.5. The van der Waals surface area contributed by atoms with Crippen molar-refractivity contribution in [2.45, 2.75) is 51.0 Å². The minimum absolute atomic E-state index is 0.0807. The van der Waals surface area contributed by atoms with E-state index in [-0.39, 0.29) is 5.41 Å². The number of phenols is 1. The summed E-state index contributed by atoms with van der Waals surface area (Å²) < 4.78 is 0. The van der Waals surface area contributed by atoms with Crippen LogP contribution in [0.1, 0.15) is 44.2 Å². The molecule has 4 rings (SSSR count). The van der Waals surface area contributed by atoms with E-state index in [4.69, 9.17) is 0 Å². The lowest BCUT2D eigenvalue weighted by Gasteiger charge is -2.54. The number of carbonyl (C=O) groups is 1. The first-order chi connectivity index (χ1) is 10.0. The Kier molecular flexibility index (Phi) is 2.66. The Hall–Kier alpha value is -1.51. The summed E-state index contributed by atoms with van der Waals surface area (Å²) >= 11 is 0. The van der Waals surface area contributed by atoms with Crippen molar-refractivity contribution >= 4 is 5.91 Å². The Balaban J connectivity index is 1.75. The minimum Gasteiger partial charge on any atom is -0.508 e. The molecule has 3 heteroatoms. The van der Waals surface area contributed by atoms with Crippen molar-refractivity contribution in [3.8, 4) is 5.75 Å². The molecule has 2 fully saturated rings. The molecule has 1 N–H and O–H groups in total. The third kappa shape index (κ3) is 1.82. The van der Waals surface area contributed by atoms with E-state index in [1.54, 1.807) is 6.07 Å². The number of fused-ring (bicyclic) bond motifs is 4. The van der Waals surface area contributed by atoms with Crippen LogP contribution in [0.25, 0.3) is 0 Å². The van der Waals surface area contributed by atoms with Crippen molar-refractivity contribution in [2.75, 3.05) is 6.54 Å². The van der Waals surface area contributed by atoms with Crippen molar-refractivity contribution in [3.63, 3.8) is 0 Å². The van der Waals surface area contributed by atoms with Gasteiger partial charge in [-0.05, 0) is 60.3 Å². The van der Waals surface area contributed by atoms with Gasteiger partial charge in [0.15, 0.2) is 0 Å². The Morgan fingerprint density at radius 1 is 1.38 bits per heavy atom. The zero-order chi connectivity index (χ0) is 14.8. The smallest absolute Gasteiger partial charge is 0.225 e. The molecule has 2 aliphatic carbocycles. The van der Waals surface area contributed by atoms with Gasteiger partial charge >= 0.3 is 0 Å². The van der Waals surface area contributed by atoms with Gasteiger partial charge < -0.3 is 10.0 Å². The third-order valence-electron chi connectivity index (χ3n) is 6.20. The second-order valence-corrected chi connectivity index (χ2v) is 7.37. The zero-order valence-corrected chi connectivity index (χ0v) is 12.8. The fourth-order valence-corrected chi connectivity index (χ4v) is 4.45. The van der Waals surface area contributed by atoms with E-state index in [0.717, 1.165) is 32.2 Å². The van der Waals surface area contributed by atoms with Crippen LogP contribution < -0.4 is 0 Å². The second kappa shape index (κ2) is 4.25. The monoisotopic (exact) mass is 285 g/mol. The van der Waals surface area contributed by atoms with Gasteiger partial charge in [-0.2, -0.15) is 0 Å². The highest BCUT2D eigenvalue weighted by molar-refractivity contribution is 5.81. The molecule has 0 unspecified atom stereocenters. The molecule has 1 aromatic carbocycles. The molecule has 2 bridgehead atoms. The first kappa shape index (κ1) is 13.2. The SMILES string of the molecule is C[C@@H]1[C@H]2Cc3ccc(O)cc3[C@@]1(C)CCN2C(=O)C1CC1. The van der Waals surface area contributed by atoms with E-state index in [0.29, 0.717) is 29.5 Å². The van der Waals surface area contributed by atoms with Crippen LogP contribution in [-0.4, -0.2) is 28.5 Å². The number of rotatable bonds is 1. The van der Waals surface area contributed by atoms with Gasteiger partial charge in [-0.15, -0.1) is 0 Å². The second-order valence-electron chi connectivity index (χ2n) is 7.37. The fourth-order valence-electron chi connectivity index (χ4n) is 4.45. The first-order valence-electron chi connectivity index (χ1n) is 8.13. The lowest BCUT2D eigenvalue weighted by Crippen LogP contribution is -2.59. The highest BCUT2D eigenvalue weighted by Gasteiger charge is 2.51. The van der Waals surface area contributed by atoms with Crippen LogP contribution in [0.5, 0.6) is 5.75 Å². The number of amides is 1. The number of hydrogen-bond donors (Lipinski definition) is 1. The Bertz CT molecular complexity index is 607. The number of benzene rings is 1. The van der Waals surface area contributed by atoms with Crippen LogP contribution in [0.2, 0.25) is 0 Å². The summed E-state index contributed by atoms with van der Waals surface area (Å²) in [5.74, 6) is 1.50. The van der Waals surface area contributed by atoms with Crippen molar-refractivity contribution in [1.82, 2.24) is 4.90 Å². The van der Waals surface area contributed by atoms with Crippen LogP contribution in [0.4, 0.5) is 0 Å². The largest absolute Gasteiger partial charge is 0.508 e. The molecule has 0 aromatic heterocycles. The Labute approximate surface area is 126 Å². The third-order valence-corrected chi connectivity index (χ3v) is 6.20. The molecule has 1 aromatic rings. The quantitative estimate of drug-likeness (QED) is 0.862. The molecule has 0 radical (unpaired) electrons. The predicted molar refractivity (Wildman–Crippen MR) is 81.2 cm³/mol. The maximum atomic E-state index is 12.6. The van der Waals surface area contributed by atoms with Gasteiger partial charge in [0, 0.05) is 18.5 Å². The number of carbonyl (C=O) groups excluding carboxylic acids is 1. The molecular formula is C18H23NO2. The maximum absolute atomic E-state index is 12.6. The summed E-state index contributed by atoms with van der Waals surface area (Å²) in [7, 11) is 0. The van der Waals surface area contributed by atoms with Crippen molar-refractivity contribution in [2.24, 2.45) is 11.8 Å². The molecule has 3 nitrogen and oxygen atoms in total. The van der Waals surface area contributed by atoms with E-state index in [1.807, 2.05) is 12.1 Å². The van der Waals surface area contributed by atoms with Gasteiger partial charge in [0.05, 0.1) is 0 Å². The number of nitrogens with zero attached hydrogens (tertiary/aromatic N) is 1. The van der Waals surface area contributed by atoms with Gasteiger partial charge in [0.2, 0.25) is 5.91 Å². The van der Waals surface area contributed by atoms with Gasteiger partial charge in [-0.3, -0.25) is 4.79 Å². The molecule has 1 saturated carbocycles. The summed E-state index contributed by atoms with van der Waals surface area (Å²) in [6.45, 7) is 5.46. The Morgan fingerprint density at radius 3 is 2.86 bits per heavy atom. The van der Waals surface area contributed by atoms with Crippen LogP contribution in [0.15, 0.2) is 18.2 Å². The van der Waals surface area contributed by atoms with E-state index < -0.39 is 0 Å². The highest BCUT2D eigenvalue weighted by Crippen LogP contribution is 2.50. The maximum Gasteiger partial charge on any atom is 0.225 e. The molecular weight excluding hydrogens is 262 g/mol. The summed E-state index contributed by atoms with van der Waals surface area (Å²) in [5.41, 5.74) is 2.69. The molecule has 1 amide bonds. The average Bonchev–Trinajstić information content (AvgIpc) is 3.28. The molecule has 1 saturated heterocycles. The van der Waals surface area contributed by atoms with Crippen molar-refractivity contribution in [1.29, 1.82) is 0 Å². The van der Waals surface area contributed by atoms with Gasteiger partial charge in [0.25, 0.3) is 0 Å². The van der Waals surface area contributed by atoms with E-state index in [9.17, 15) is 9.90 Å². The van der Waals surface area contributed by atoms with Crippen LogP contribution >= 0.6 is 0 Å². The van der Waals surface area contributed by atoms with Gasteiger partial charge in [-0.25, -0.2) is 0 Å². The number of piperidine rings is 1. The molecule has 21 heavy (non-hydrogen) atoms. The molecule has 1 heterocycles. The van der Waals surface area contributed by atoms with Gasteiger partial charge in [0.1, 0.15) is 5.75 Å². The Morgan fingerprint density at radius 2 is 2.14 bits per heavy atom. The standard InChI is InChI=1S/C18H23NO2/c1-11-16-9-13-5-6-14(20)10-15(13)18(11,2)7-8-19(16)17(21)12-3-4-12/h5-6,10-12,16,20H,3-4,7-9H2,1-2H3/t11-,16-,18+/m1/s1. The molecule has 3 atom stereocenters. The van der Waals surface area contributed by atoms with E-state index in [2.05, 4.69) is 18.7 Å². The molecule has 3 aliphatic rings. The number of phenolic OH excluding ortho intramolecular Hbond substituents is 1. The highest BCUT2D eigenvalue weighted by atomic mass is 16.3. The van der Waals surface area contributed by atoms with E-state index in [1.165, 1.54) is 11.1 Å². The lowest BCUT2D eigenvalue weighted by atomic mass is 9.59. The lowest BCUT2D eigenvalue weighted by molar-refractivity contribution is -0.140. The van der Waals surface area contributed by atoms with Gasteiger partial charge in [-0.1, -0.05) is 19.9 Å². The summed E-state index contributed by atoms with van der Waals surface area (Å²) in [5, 5.41) is 9.84. The summed E-state index contributed by atoms with van der Waals surface area (Å²) in [4.78, 5) is 14.7. The summed E-state index contributed by atoms with van der Waals surface area (Å²) in [6.07, 6.45) is 4.10. The number of likely N-dealkylation sites (tertiary alicyclic amines) is 1. The van der Waals surface area contributed by atoms with Crippen LogP contribution in [-0.2, 0) is 16.6 Å². The fraction of sp³-hybridized carbons (Fsp3) is 0.611.